The molecule has 0 aromatic carbocycles. The van der Waals surface area contributed by atoms with Gasteiger partial charge in [-0.05, 0) is 83.5 Å². The summed E-state index contributed by atoms with van der Waals surface area (Å²) in [6, 6.07) is 0. The van der Waals surface area contributed by atoms with Crippen LogP contribution in [0.25, 0.3) is 0 Å². The SMILES string of the molecule is CCCCCC/C=C\CCCCCCCC(=O)OCC(COC(=O)CCCCCCCCCCCCCCCCCC/C=C\C/C=C\C/C=C\CCCCCCC)OC(=O)CCCCCCCCCCCCCCCCC. The van der Waals surface area contributed by atoms with E-state index in [4.69, 9.17) is 14.2 Å². The fraction of sp³-hybridized carbons (Fsp3) is 0.845. The first kappa shape index (κ1) is 74.4. The van der Waals surface area contributed by atoms with Crippen LogP contribution in [0.4, 0.5) is 0 Å². The summed E-state index contributed by atoms with van der Waals surface area (Å²) in [5.74, 6) is -0.856. The van der Waals surface area contributed by atoms with E-state index in [9.17, 15) is 14.4 Å². The molecule has 0 saturated carbocycles. The summed E-state index contributed by atoms with van der Waals surface area (Å²) in [6.07, 6.45) is 82.8. The highest BCUT2D eigenvalue weighted by atomic mass is 16.6. The maximum Gasteiger partial charge on any atom is 0.306 e. The number of hydrogen-bond acceptors (Lipinski definition) is 6. The summed E-state index contributed by atoms with van der Waals surface area (Å²) in [4.78, 5) is 38.3. The summed E-state index contributed by atoms with van der Waals surface area (Å²) in [7, 11) is 0. The minimum absolute atomic E-state index is 0.0707. The molecule has 0 fully saturated rings. The van der Waals surface area contributed by atoms with Crippen molar-refractivity contribution in [3.63, 3.8) is 0 Å². The Morgan fingerprint density at radius 2 is 0.468 bits per heavy atom. The van der Waals surface area contributed by atoms with Crippen molar-refractivity contribution in [2.24, 2.45) is 0 Å². The van der Waals surface area contributed by atoms with Gasteiger partial charge in [-0.15, -0.1) is 0 Å². The molecule has 6 heteroatoms. The number of carbonyl (C=O) groups excluding carboxylic acids is 3. The minimum atomic E-state index is -0.773. The molecule has 450 valence electrons. The van der Waals surface area contributed by atoms with Gasteiger partial charge < -0.3 is 14.2 Å². The first-order chi connectivity index (χ1) is 38.0. The van der Waals surface area contributed by atoms with Crippen LogP contribution in [0.3, 0.4) is 0 Å². The van der Waals surface area contributed by atoms with E-state index in [1.54, 1.807) is 0 Å². The molecule has 0 radical (unpaired) electrons. The van der Waals surface area contributed by atoms with Gasteiger partial charge in [-0.25, -0.2) is 0 Å². The number of esters is 3. The Kier molecular flexibility index (Phi) is 63.6. The zero-order chi connectivity index (χ0) is 55.7. The van der Waals surface area contributed by atoms with Crippen molar-refractivity contribution in [2.75, 3.05) is 13.2 Å². The van der Waals surface area contributed by atoms with Crippen molar-refractivity contribution in [3.8, 4) is 0 Å². The van der Waals surface area contributed by atoms with Crippen LogP contribution in [-0.2, 0) is 28.6 Å². The zero-order valence-corrected chi connectivity index (χ0v) is 51.7. The molecule has 0 N–H and O–H groups in total. The highest BCUT2D eigenvalue weighted by Gasteiger charge is 2.19. The Hall–Kier alpha value is -2.63. The minimum Gasteiger partial charge on any atom is -0.462 e. The summed E-state index contributed by atoms with van der Waals surface area (Å²) in [6.45, 7) is 6.66. The third-order valence-electron chi connectivity index (χ3n) is 15.3. The van der Waals surface area contributed by atoms with Crippen LogP contribution >= 0.6 is 0 Å². The maximum atomic E-state index is 12.9. The number of rotatable bonds is 63. The number of allylic oxidation sites excluding steroid dienone is 8. The summed E-state index contributed by atoms with van der Waals surface area (Å²) < 4.78 is 16.9. The number of hydrogen-bond donors (Lipinski definition) is 0. The second-order valence-corrected chi connectivity index (χ2v) is 23.1. The number of unbranched alkanes of at least 4 members (excludes halogenated alkanes) is 44. The van der Waals surface area contributed by atoms with Gasteiger partial charge >= 0.3 is 17.9 Å². The molecule has 1 unspecified atom stereocenters. The number of carbonyl (C=O) groups is 3. The lowest BCUT2D eigenvalue weighted by atomic mass is 10.0. The smallest absolute Gasteiger partial charge is 0.306 e. The van der Waals surface area contributed by atoms with E-state index in [1.807, 2.05) is 0 Å². The third-order valence-corrected chi connectivity index (χ3v) is 15.3. The van der Waals surface area contributed by atoms with Crippen molar-refractivity contribution >= 4 is 17.9 Å². The van der Waals surface area contributed by atoms with Crippen LogP contribution < -0.4 is 0 Å². The van der Waals surface area contributed by atoms with Gasteiger partial charge in [-0.2, -0.15) is 0 Å². The largest absolute Gasteiger partial charge is 0.462 e. The van der Waals surface area contributed by atoms with E-state index < -0.39 is 6.10 Å². The molecule has 77 heavy (non-hydrogen) atoms. The van der Waals surface area contributed by atoms with E-state index >= 15 is 0 Å². The van der Waals surface area contributed by atoms with E-state index in [1.165, 1.54) is 250 Å². The molecule has 0 aromatic heterocycles. The average Bonchev–Trinajstić information content (AvgIpc) is 3.43. The molecule has 0 spiro atoms. The fourth-order valence-corrected chi connectivity index (χ4v) is 10.2. The lowest BCUT2D eigenvalue weighted by Crippen LogP contribution is -2.30. The van der Waals surface area contributed by atoms with E-state index in [0.29, 0.717) is 19.3 Å². The third kappa shape index (κ3) is 64.1. The molecule has 0 heterocycles. The van der Waals surface area contributed by atoms with Crippen molar-refractivity contribution < 1.29 is 28.6 Å². The van der Waals surface area contributed by atoms with Crippen molar-refractivity contribution in [3.05, 3.63) is 48.6 Å². The van der Waals surface area contributed by atoms with Gasteiger partial charge in [-0.3, -0.25) is 14.4 Å². The van der Waals surface area contributed by atoms with Crippen LogP contribution in [0.15, 0.2) is 48.6 Å². The molecule has 0 saturated heterocycles. The molecular formula is C71H130O6. The van der Waals surface area contributed by atoms with Crippen LogP contribution in [0.1, 0.15) is 367 Å². The molecule has 0 bridgehead atoms. The lowest BCUT2D eigenvalue weighted by molar-refractivity contribution is -0.167. The average molecular weight is 1080 g/mol. The Balaban J connectivity index is 4.15. The van der Waals surface area contributed by atoms with Gasteiger partial charge in [0, 0.05) is 19.3 Å². The highest BCUT2D eigenvalue weighted by molar-refractivity contribution is 5.71. The highest BCUT2D eigenvalue weighted by Crippen LogP contribution is 2.18. The summed E-state index contributed by atoms with van der Waals surface area (Å²) in [5.41, 5.74) is 0. The second kappa shape index (κ2) is 65.9. The molecule has 0 amide bonds. The van der Waals surface area contributed by atoms with Crippen molar-refractivity contribution in [2.45, 2.75) is 374 Å². The van der Waals surface area contributed by atoms with Crippen molar-refractivity contribution in [1.82, 2.24) is 0 Å². The van der Waals surface area contributed by atoms with Crippen LogP contribution in [-0.4, -0.2) is 37.2 Å². The van der Waals surface area contributed by atoms with Crippen LogP contribution in [0, 0.1) is 0 Å². The van der Waals surface area contributed by atoms with Gasteiger partial charge in [0.25, 0.3) is 0 Å². The van der Waals surface area contributed by atoms with E-state index in [0.717, 1.165) is 77.0 Å². The summed E-state index contributed by atoms with van der Waals surface area (Å²) >= 11 is 0. The molecule has 6 nitrogen and oxygen atoms in total. The summed E-state index contributed by atoms with van der Waals surface area (Å²) in [5, 5.41) is 0. The molecule has 0 aliphatic heterocycles. The predicted molar refractivity (Wildman–Crippen MR) is 335 cm³/mol. The van der Waals surface area contributed by atoms with E-state index in [-0.39, 0.29) is 31.1 Å². The Morgan fingerprint density at radius 3 is 0.753 bits per heavy atom. The normalized spacial score (nSPS) is 12.3. The standard InChI is InChI=1S/C71H130O6/c1-4-7-10-13-16-19-22-25-27-28-29-30-31-32-33-34-35-36-37-38-39-40-41-42-44-46-49-52-55-58-61-64-70(73)76-67-68(66-75-69(72)63-60-57-54-51-48-45-24-21-18-15-12-9-6-3)77-71(74)65-62-59-56-53-50-47-43-26-23-20-17-14-11-8-5-2/h21-22,24-25,28-29,31-32,68H,4-20,23,26-27,30,33-67H2,1-3H3/b24-21-,25-22-,29-28-,32-31-. The lowest BCUT2D eigenvalue weighted by Gasteiger charge is -2.18. The predicted octanol–water partition coefficient (Wildman–Crippen LogP) is 23.3. The molecule has 1 atom stereocenters. The van der Waals surface area contributed by atoms with Crippen molar-refractivity contribution in [1.29, 1.82) is 0 Å². The Labute approximate surface area is 479 Å². The number of ether oxygens (including phenoxy) is 3. The second-order valence-electron chi connectivity index (χ2n) is 23.1. The maximum absolute atomic E-state index is 12.9. The Morgan fingerprint density at radius 1 is 0.260 bits per heavy atom. The van der Waals surface area contributed by atoms with Gasteiger partial charge in [0.15, 0.2) is 6.10 Å². The molecular weight excluding hydrogens is 949 g/mol. The zero-order valence-electron chi connectivity index (χ0n) is 51.7. The van der Waals surface area contributed by atoms with E-state index in [2.05, 4.69) is 69.4 Å². The van der Waals surface area contributed by atoms with Gasteiger partial charge in [0.2, 0.25) is 0 Å². The monoisotopic (exact) mass is 1080 g/mol. The first-order valence-corrected chi connectivity index (χ1v) is 34.1. The fourth-order valence-electron chi connectivity index (χ4n) is 10.2. The molecule has 0 rings (SSSR count). The Bertz CT molecular complexity index is 1330. The van der Waals surface area contributed by atoms with Crippen LogP contribution in [0.2, 0.25) is 0 Å². The molecule has 0 aliphatic rings. The van der Waals surface area contributed by atoms with Gasteiger partial charge in [0.1, 0.15) is 13.2 Å². The topological polar surface area (TPSA) is 78.9 Å². The van der Waals surface area contributed by atoms with Crippen LogP contribution in [0.5, 0.6) is 0 Å². The first-order valence-electron chi connectivity index (χ1n) is 34.1. The molecule has 0 aliphatic carbocycles. The quantitative estimate of drug-likeness (QED) is 0.0261. The van der Waals surface area contributed by atoms with Gasteiger partial charge in [0.05, 0.1) is 0 Å². The van der Waals surface area contributed by atoms with Gasteiger partial charge in [-0.1, -0.05) is 313 Å². The molecule has 0 aromatic rings.